The van der Waals surface area contributed by atoms with Gasteiger partial charge in [0.1, 0.15) is 0 Å². The molecule has 1 N–H and O–H groups in total. The molecule has 0 aliphatic carbocycles. The molecule has 0 saturated carbocycles. The van der Waals surface area contributed by atoms with Gasteiger partial charge in [0.25, 0.3) is 5.91 Å². The normalized spacial score (nSPS) is 11.4. The van der Waals surface area contributed by atoms with Gasteiger partial charge in [-0.1, -0.05) is 6.07 Å². The molecule has 30 heavy (non-hydrogen) atoms. The largest absolute Gasteiger partial charge is 0.435 e. The van der Waals surface area contributed by atoms with Crippen LogP contribution in [0.4, 0.5) is 19.0 Å². The lowest BCUT2D eigenvalue weighted by molar-refractivity contribution is -0.141. The molecule has 0 radical (unpaired) electrons. The Morgan fingerprint density at radius 3 is 2.47 bits per heavy atom. The van der Waals surface area contributed by atoms with E-state index in [-0.39, 0.29) is 5.91 Å². The molecule has 3 heterocycles. The fourth-order valence-corrected chi connectivity index (χ4v) is 2.77. The Kier molecular flexibility index (Phi) is 5.05. The molecule has 7 nitrogen and oxygen atoms in total. The number of nitrogens with zero attached hydrogens (tertiary/aromatic N) is 5. The molecule has 0 aliphatic rings. The van der Waals surface area contributed by atoms with Crippen molar-refractivity contribution in [3.63, 3.8) is 0 Å². The molecule has 0 unspecified atom stereocenters. The zero-order valence-corrected chi connectivity index (χ0v) is 15.4. The minimum absolute atomic E-state index is 0.337. The van der Waals surface area contributed by atoms with Crippen molar-refractivity contribution in [1.29, 1.82) is 0 Å². The second kappa shape index (κ2) is 7.82. The number of amides is 1. The Morgan fingerprint density at radius 2 is 1.80 bits per heavy atom. The number of benzene rings is 1. The standard InChI is InChI=1S/C20H15F3N6O/c21-20(22,23)17-7-11-29(26-17)16-5-3-15(4-6-16)19(30)25-18-8-10-28(27-18)13-14-2-1-9-24-12-14/h1-12H,13H2,(H,25,27,30). The number of hydrogen-bond donors (Lipinski definition) is 1. The van der Waals surface area contributed by atoms with Gasteiger partial charge in [-0.05, 0) is 42.0 Å². The molecular formula is C20H15F3N6O. The molecule has 1 aromatic carbocycles. The highest BCUT2D eigenvalue weighted by Gasteiger charge is 2.33. The van der Waals surface area contributed by atoms with Crippen molar-refractivity contribution in [1.82, 2.24) is 24.5 Å². The molecule has 4 aromatic rings. The molecule has 0 bridgehead atoms. The van der Waals surface area contributed by atoms with Crippen LogP contribution in [0.25, 0.3) is 5.69 Å². The van der Waals surface area contributed by atoms with Crippen LogP contribution < -0.4 is 5.32 Å². The highest BCUT2D eigenvalue weighted by atomic mass is 19.4. The fourth-order valence-electron chi connectivity index (χ4n) is 2.77. The van der Waals surface area contributed by atoms with Crippen LogP contribution in [-0.4, -0.2) is 30.5 Å². The summed E-state index contributed by atoms with van der Waals surface area (Å²) in [4.78, 5) is 16.5. The van der Waals surface area contributed by atoms with Crippen molar-refractivity contribution >= 4 is 11.7 Å². The summed E-state index contributed by atoms with van der Waals surface area (Å²) in [6.45, 7) is 0.516. The second-order valence-corrected chi connectivity index (χ2v) is 6.40. The van der Waals surface area contributed by atoms with Crippen molar-refractivity contribution in [3.05, 3.63) is 90.1 Å². The van der Waals surface area contributed by atoms with E-state index in [0.29, 0.717) is 23.6 Å². The molecule has 10 heteroatoms. The van der Waals surface area contributed by atoms with Crippen molar-refractivity contribution in [2.75, 3.05) is 5.32 Å². The highest BCUT2D eigenvalue weighted by molar-refractivity contribution is 6.03. The quantitative estimate of drug-likeness (QED) is 0.541. The maximum atomic E-state index is 12.7. The average molecular weight is 412 g/mol. The first-order chi connectivity index (χ1) is 14.4. The van der Waals surface area contributed by atoms with Crippen molar-refractivity contribution in [2.24, 2.45) is 0 Å². The summed E-state index contributed by atoms with van der Waals surface area (Å²) in [5.41, 5.74) is 0.735. The second-order valence-electron chi connectivity index (χ2n) is 6.40. The number of halogens is 3. The molecule has 0 saturated heterocycles. The lowest BCUT2D eigenvalue weighted by Gasteiger charge is -2.05. The molecule has 0 spiro atoms. The molecular weight excluding hydrogens is 397 g/mol. The molecule has 152 valence electrons. The van der Waals surface area contributed by atoms with Gasteiger partial charge in [0, 0.05) is 36.4 Å². The van der Waals surface area contributed by atoms with Crippen LogP contribution >= 0.6 is 0 Å². The lowest BCUT2D eigenvalue weighted by atomic mass is 10.2. The Labute approximate surface area is 168 Å². The number of carbonyl (C=O) groups is 1. The number of alkyl halides is 3. The Morgan fingerprint density at radius 1 is 1.00 bits per heavy atom. The first kappa shape index (κ1) is 19.4. The van der Waals surface area contributed by atoms with Gasteiger partial charge in [-0.3, -0.25) is 14.5 Å². The number of carbonyl (C=O) groups excluding carboxylic acids is 1. The van der Waals surface area contributed by atoms with Gasteiger partial charge in [-0.2, -0.15) is 23.4 Å². The predicted molar refractivity (Wildman–Crippen MR) is 102 cm³/mol. The van der Waals surface area contributed by atoms with E-state index in [1.165, 1.54) is 30.5 Å². The maximum absolute atomic E-state index is 12.7. The number of anilines is 1. The van der Waals surface area contributed by atoms with E-state index >= 15 is 0 Å². The number of nitrogens with one attached hydrogen (secondary N) is 1. The molecule has 4 rings (SSSR count). The minimum Gasteiger partial charge on any atom is -0.305 e. The Hall–Kier alpha value is -3.95. The van der Waals surface area contributed by atoms with E-state index in [9.17, 15) is 18.0 Å². The Bertz CT molecular complexity index is 1150. The smallest absolute Gasteiger partial charge is 0.305 e. The topological polar surface area (TPSA) is 77.6 Å². The lowest BCUT2D eigenvalue weighted by Crippen LogP contribution is -2.13. The van der Waals surface area contributed by atoms with Crippen molar-refractivity contribution in [2.45, 2.75) is 12.7 Å². The average Bonchev–Trinajstić information content (AvgIpc) is 3.39. The molecule has 1 amide bonds. The van der Waals surface area contributed by atoms with E-state index in [1.54, 1.807) is 29.3 Å². The SMILES string of the molecule is O=C(Nc1ccn(Cc2cccnc2)n1)c1ccc(-n2ccc(C(F)(F)F)n2)cc1. The zero-order chi connectivity index (χ0) is 21.1. The monoisotopic (exact) mass is 412 g/mol. The summed E-state index contributed by atoms with van der Waals surface area (Å²) in [5, 5.41) is 10.5. The van der Waals surface area contributed by atoms with E-state index in [2.05, 4.69) is 20.5 Å². The molecule has 0 aliphatic heterocycles. The van der Waals surface area contributed by atoms with Gasteiger partial charge in [0.05, 0.1) is 12.2 Å². The van der Waals surface area contributed by atoms with E-state index in [1.807, 2.05) is 12.1 Å². The first-order valence-corrected chi connectivity index (χ1v) is 8.85. The molecule has 0 fully saturated rings. The number of pyridine rings is 1. The highest BCUT2D eigenvalue weighted by Crippen LogP contribution is 2.27. The third kappa shape index (κ3) is 4.37. The molecule has 3 aromatic heterocycles. The minimum atomic E-state index is -4.51. The van der Waals surface area contributed by atoms with E-state index in [4.69, 9.17) is 0 Å². The first-order valence-electron chi connectivity index (χ1n) is 8.85. The number of hydrogen-bond acceptors (Lipinski definition) is 4. The van der Waals surface area contributed by atoms with Crippen LogP contribution in [0, 0.1) is 0 Å². The third-order valence-electron chi connectivity index (χ3n) is 4.22. The van der Waals surface area contributed by atoms with Gasteiger partial charge in [0.2, 0.25) is 0 Å². The summed E-state index contributed by atoms with van der Waals surface area (Å²) in [6, 6.07) is 12.4. The van der Waals surface area contributed by atoms with Gasteiger partial charge < -0.3 is 5.32 Å². The summed E-state index contributed by atoms with van der Waals surface area (Å²) in [6.07, 6.45) is 1.86. The Balaban J connectivity index is 1.41. The van der Waals surface area contributed by atoms with Crippen LogP contribution in [0.1, 0.15) is 21.6 Å². The van der Waals surface area contributed by atoms with Crippen LogP contribution in [0.3, 0.4) is 0 Å². The van der Waals surface area contributed by atoms with Crippen LogP contribution in [-0.2, 0) is 12.7 Å². The van der Waals surface area contributed by atoms with Crippen LogP contribution in [0.5, 0.6) is 0 Å². The van der Waals surface area contributed by atoms with Crippen molar-refractivity contribution < 1.29 is 18.0 Å². The summed E-state index contributed by atoms with van der Waals surface area (Å²) >= 11 is 0. The predicted octanol–water partition coefficient (Wildman–Crippen LogP) is 3.78. The van der Waals surface area contributed by atoms with Gasteiger partial charge in [-0.15, -0.1) is 0 Å². The summed E-state index contributed by atoms with van der Waals surface area (Å²) in [5.74, 6) is -0.000476. The number of aromatic nitrogens is 5. The summed E-state index contributed by atoms with van der Waals surface area (Å²) in [7, 11) is 0. The summed E-state index contributed by atoms with van der Waals surface area (Å²) < 4.78 is 40.8. The van der Waals surface area contributed by atoms with Gasteiger partial charge in [-0.25, -0.2) is 4.68 Å². The van der Waals surface area contributed by atoms with Crippen LogP contribution in [0.15, 0.2) is 73.3 Å². The third-order valence-corrected chi connectivity index (χ3v) is 4.22. The van der Waals surface area contributed by atoms with Crippen molar-refractivity contribution in [3.8, 4) is 5.69 Å². The van der Waals surface area contributed by atoms with E-state index in [0.717, 1.165) is 16.3 Å². The zero-order valence-electron chi connectivity index (χ0n) is 15.4. The fraction of sp³-hybridized carbons (Fsp3) is 0.100. The molecule has 0 atom stereocenters. The van der Waals surface area contributed by atoms with Gasteiger partial charge in [0.15, 0.2) is 11.5 Å². The van der Waals surface area contributed by atoms with Crippen LogP contribution in [0.2, 0.25) is 0 Å². The maximum Gasteiger partial charge on any atom is 0.435 e. The number of rotatable bonds is 5. The van der Waals surface area contributed by atoms with Gasteiger partial charge >= 0.3 is 6.18 Å². The van der Waals surface area contributed by atoms with E-state index < -0.39 is 11.9 Å².